The van der Waals surface area contributed by atoms with Gasteiger partial charge in [-0.1, -0.05) is 35.3 Å². The number of carbonyl (C=O) groups excluding carboxylic acids is 2. The third-order valence-electron chi connectivity index (χ3n) is 5.70. The first-order chi connectivity index (χ1) is 17.6. The lowest BCUT2D eigenvalue weighted by Crippen LogP contribution is -2.50. The molecule has 11 heteroatoms. The molecule has 0 aromatic heterocycles. The first-order valence-electron chi connectivity index (χ1n) is 11.2. The van der Waals surface area contributed by atoms with E-state index in [1.807, 2.05) is 0 Å². The number of sulfonamides is 1. The summed E-state index contributed by atoms with van der Waals surface area (Å²) >= 11 is 12.1. The summed E-state index contributed by atoms with van der Waals surface area (Å²) in [5, 5.41) is 3.42. The maximum Gasteiger partial charge on any atom is 0.264 e. The van der Waals surface area contributed by atoms with E-state index < -0.39 is 34.4 Å². The Morgan fingerprint density at radius 3 is 2.19 bits per heavy atom. The molecule has 196 valence electrons. The topological polar surface area (TPSA) is 96.0 Å². The van der Waals surface area contributed by atoms with Crippen LogP contribution in [0.15, 0.2) is 77.7 Å². The number of methoxy groups -OCH3 is 1. The van der Waals surface area contributed by atoms with Crippen molar-refractivity contribution in [2.75, 3.05) is 25.0 Å². The molecule has 0 spiro atoms. The smallest absolute Gasteiger partial charge is 0.264 e. The fraction of sp³-hybridized carbons (Fsp3) is 0.231. The molecule has 2 amide bonds. The number of ether oxygens (including phenoxy) is 1. The van der Waals surface area contributed by atoms with Crippen LogP contribution in [0, 0.1) is 0 Å². The second-order valence-corrected chi connectivity index (χ2v) is 10.8. The number of rotatable bonds is 10. The predicted octanol–water partition coefficient (Wildman–Crippen LogP) is 4.36. The van der Waals surface area contributed by atoms with Crippen molar-refractivity contribution >= 4 is 50.7 Å². The van der Waals surface area contributed by atoms with E-state index in [4.69, 9.17) is 27.9 Å². The van der Waals surface area contributed by atoms with Crippen LogP contribution < -0.4 is 14.4 Å². The van der Waals surface area contributed by atoms with Crippen LogP contribution in [0.3, 0.4) is 0 Å². The average Bonchev–Trinajstić information content (AvgIpc) is 2.90. The van der Waals surface area contributed by atoms with E-state index in [0.717, 1.165) is 4.31 Å². The van der Waals surface area contributed by atoms with Crippen LogP contribution in [0.25, 0.3) is 0 Å². The van der Waals surface area contributed by atoms with E-state index in [2.05, 4.69) is 5.32 Å². The Bertz CT molecular complexity index is 1350. The Balaban J connectivity index is 2.02. The summed E-state index contributed by atoms with van der Waals surface area (Å²) in [5.41, 5.74) is 0.927. The van der Waals surface area contributed by atoms with Crippen LogP contribution in [-0.4, -0.2) is 51.9 Å². The lowest BCUT2D eigenvalue weighted by atomic mass is 10.1. The SMILES string of the molecule is CNC(=O)[C@H](C)N(Cc1cccc(Cl)c1)C(=O)CN(c1ccc(Cl)cc1)S(=O)(=O)c1ccc(OC)cc1. The number of benzene rings is 3. The van der Waals surface area contributed by atoms with Crippen molar-refractivity contribution in [2.45, 2.75) is 24.4 Å². The van der Waals surface area contributed by atoms with Gasteiger partial charge in [0.1, 0.15) is 18.3 Å². The molecule has 3 rings (SSSR count). The molecule has 0 unspecified atom stereocenters. The number of halogens is 2. The molecule has 8 nitrogen and oxygen atoms in total. The Hall–Kier alpha value is -3.27. The minimum Gasteiger partial charge on any atom is -0.497 e. The molecule has 0 saturated carbocycles. The summed E-state index contributed by atoms with van der Waals surface area (Å²) in [6.07, 6.45) is 0. The third-order valence-corrected chi connectivity index (χ3v) is 7.97. The number of hydrogen-bond acceptors (Lipinski definition) is 5. The molecule has 0 aliphatic rings. The monoisotopic (exact) mass is 563 g/mol. The summed E-state index contributed by atoms with van der Waals surface area (Å²) in [6.45, 7) is 1.06. The predicted molar refractivity (Wildman–Crippen MR) is 145 cm³/mol. The number of nitrogens with zero attached hydrogens (tertiary/aromatic N) is 2. The van der Waals surface area contributed by atoms with E-state index >= 15 is 0 Å². The standard InChI is InChI=1S/C26H27Cl2N3O5S/c1-18(26(33)29-2)30(16-19-5-4-6-21(28)15-19)25(32)17-31(22-9-7-20(27)8-10-22)37(34,35)24-13-11-23(36-3)12-14-24/h4-15,18H,16-17H2,1-3H3,(H,29,33)/t18-/m0/s1. The van der Waals surface area contributed by atoms with Gasteiger partial charge in [-0.3, -0.25) is 13.9 Å². The number of hydrogen-bond donors (Lipinski definition) is 1. The van der Waals surface area contributed by atoms with Gasteiger partial charge in [0.05, 0.1) is 17.7 Å². The Morgan fingerprint density at radius 1 is 0.973 bits per heavy atom. The minimum absolute atomic E-state index is 0.0307. The van der Waals surface area contributed by atoms with Gasteiger partial charge in [0.25, 0.3) is 10.0 Å². The highest BCUT2D eigenvalue weighted by Gasteiger charge is 2.32. The lowest BCUT2D eigenvalue weighted by Gasteiger charge is -2.31. The molecule has 0 bridgehead atoms. The van der Waals surface area contributed by atoms with Crippen LogP contribution in [-0.2, 0) is 26.2 Å². The van der Waals surface area contributed by atoms with Gasteiger partial charge in [-0.05, 0) is 73.2 Å². The van der Waals surface area contributed by atoms with Crippen molar-refractivity contribution in [1.29, 1.82) is 0 Å². The van der Waals surface area contributed by atoms with Gasteiger partial charge < -0.3 is 15.0 Å². The molecule has 3 aromatic rings. The van der Waals surface area contributed by atoms with Crippen LogP contribution in [0.5, 0.6) is 5.75 Å². The fourth-order valence-electron chi connectivity index (χ4n) is 3.63. The van der Waals surface area contributed by atoms with E-state index in [9.17, 15) is 18.0 Å². The highest BCUT2D eigenvalue weighted by Crippen LogP contribution is 2.27. The molecule has 37 heavy (non-hydrogen) atoms. The zero-order valence-electron chi connectivity index (χ0n) is 20.5. The van der Waals surface area contributed by atoms with Crippen LogP contribution >= 0.6 is 23.2 Å². The van der Waals surface area contributed by atoms with Crippen molar-refractivity contribution in [3.8, 4) is 5.75 Å². The highest BCUT2D eigenvalue weighted by atomic mass is 35.5. The lowest BCUT2D eigenvalue weighted by molar-refractivity contribution is -0.139. The van der Waals surface area contributed by atoms with Gasteiger partial charge in [0.15, 0.2) is 0 Å². The van der Waals surface area contributed by atoms with Crippen molar-refractivity contribution < 1.29 is 22.7 Å². The summed E-state index contributed by atoms with van der Waals surface area (Å²) < 4.78 is 33.6. The van der Waals surface area contributed by atoms with Crippen molar-refractivity contribution in [3.05, 3.63) is 88.4 Å². The second kappa shape index (κ2) is 12.3. The molecule has 0 aliphatic carbocycles. The number of carbonyl (C=O) groups is 2. The molecular formula is C26H27Cl2N3O5S. The average molecular weight is 564 g/mol. The van der Waals surface area contributed by atoms with Gasteiger partial charge in [-0.25, -0.2) is 8.42 Å². The maximum absolute atomic E-state index is 13.7. The van der Waals surface area contributed by atoms with E-state index in [-0.39, 0.29) is 17.1 Å². The molecule has 1 atom stereocenters. The van der Waals surface area contributed by atoms with Gasteiger partial charge >= 0.3 is 0 Å². The largest absolute Gasteiger partial charge is 0.497 e. The zero-order chi connectivity index (χ0) is 27.2. The highest BCUT2D eigenvalue weighted by molar-refractivity contribution is 7.92. The van der Waals surface area contributed by atoms with Crippen LogP contribution in [0.4, 0.5) is 5.69 Å². The Morgan fingerprint density at radius 2 is 1.62 bits per heavy atom. The molecule has 0 heterocycles. The number of amides is 2. The van der Waals surface area contributed by atoms with Crippen LogP contribution in [0.2, 0.25) is 10.0 Å². The van der Waals surface area contributed by atoms with Crippen molar-refractivity contribution in [3.63, 3.8) is 0 Å². The molecule has 0 fully saturated rings. The van der Waals surface area contributed by atoms with Gasteiger partial charge in [0, 0.05) is 23.6 Å². The first kappa shape index (κ1) is 28.3. The summed E-state index contributed by atoms with van der Waals surface area (Å²) in [4.78, 5) is 27.5. The van der Waals surface area contributed by atoms with Gasteiger partial charge in [-0.15, -0.1) is 0 Å². The van der Waals surface area contributed by atoms with Crippen LogP contribution in [0.1, 0.15) is 12.5 Å². The first-order valence-corrected chi connectivity index (χ1v) is 13.4. The second-order valence-electron chi connectivity index (χ2n) is 8.11. The Labute approximate surface area is 226 Å². The summed E-state index contributed by atoms with van der Waals surface area (Å²) in [6, 6.07) is 18.0. The van der Waals surface area contributed by atoms with Crippen molar-refractivity contribution in [1.82, 2.24) is 10.2 Å². The van der Waals surface area contributed by atoms with E-state index in [0.29, 0.717) is 21.4 Å². The molecule has 1 N–H and O–H groups in total. The van der Waals surface area contributed by atoms with Gasteiger partial charge in [0.2, 0.25) is 11.8 Å². The molecule has 0 radical (unpaired) electrons. The number of nitrogens with one attached hydrogen (secondary N) is 1. The minimum atomic E-state index is -4.19. The van der Waals surface area contributed by atoms with E-state index in [1.54, 1.807) is 31.2 Å². The number of anilines is 1. The van der Waals surface area contributed by atoms with E-state index in [1.165, 1.54) is 67.6 Å². The molecule has 3 aromatic carbocycles. The van der Waals surface area contributed by atoms with Crippen molar-refractivity contribution in [2.24, 2.45) is 0 Å². The molecular weight excluding hydrogens is 537 g/mol. The normalized spacial score (nSPS) is 11.9. The van der Waals surface area contributed by atoms with Gasteiger partial charge in [-0.2, -0.15) is 0 Å². The molecule has 0 aliphatic heterocycles. The fourth-order valence-corrected chi connectivity index (χ4v) is 5.39. The molecule has 0 saturated heterocycles. The maximum atomic E-state index is 13.7. The quantitative estimate of drug-likeness (QED) is 0.395. The summed E-state index contributed by atoms with van der Waals surface area (Å²) in [5.74, 6) is -0.491. The number of likely N-dealkylation sites (N-methyl/N-ethyl adjacent to an activating group) is 1. The summed E-state index contributed by atoms with van der Waals surface area (Å²) in [7, 11) is -1.24. The Kier molecular flexibility index (Phi) is 9.42. The third kappa shape index (κ3) is 6.94. The zero-order valence-corrected chi connectivity index (χ0v) is 22.8.